The number of halogens is 2. The lowest BCUT2D eigenvalue weighted by molar-refractivity contribution is -0.126. The van der Waals surface area contributed by atoms with Crippen LogP contribution in [0.15, 0.2) is 53.7 Å². The Bertz CT molecular complexity index is 747. The number of rotatable bonds is 9. The number of oxime groups is 1. The van der Waals surface area contributed by atoms with E-state index in [-0.39, 0.29) is 24.3 Å². The Morgan fingerprint density at radius 1 is 1.15 bits per heavy atom. The molecule has 0 fully saturated rings. The first-order valence-electron chi connectivity index (χ1n) is 8.56. The molecule has 0 spiro atoms. The molecule has 2 rings (SSSR count). The van der Waals surface area contributed by atoms with Crippen LogP contribution in [-0.4, -0.2) is 25.3 Å². The van der Waals surface area contributed by atoms with E-state index in [1.54, 1.807) is 12.1 Å². The number of carbonyl (C=O) groups excluding carboxylic acids is 1. The molecule has 0 radical (unpaired) electrons. The van der Waals surface area contributed by atoms with Gasteiger partial charge in [-0.25, -0.2) is 0 Å². The zero-order valence-electron chi connectivity index (χ0n) is 15.2. The van der Waals surface area contributed by atoms with Gasteiger partial charge in [-0.2, -0.15) is 8.78 Å². The fourth-order valence-electron chi connectivity index (χ4n) is 2.34. The Labute approximate surface area is 157 Å². The Kier molecular flexibility index (Phi) is 7.73. The molecule has 0 aromatic heterocycles. The Morgan fingerprint density at radius 2 is 1.81 bits per heavy atom. The minimum atomic E-state index is -2.86. The summed E-state index contributed by atoms with van der Waals surface area (Å²) >= 11 is 0. The molecule has 144 valence electrons. The molecular formula is C20H22F2N2O3. The van der Waals surface area contributed by atoms with Gasteiger partial charge >= 0.3 is 6.61 Å². The second kappa shape index (κ2) is 10.3. The molecular weight excluding hydrogens is 354 g/mol. The van der Waals surface area contributed by atoms with Crippen LogP contribution in [0.5, 0.6) is 5.75 Å². The second-order valence-electron chi connectivity index (χ2n) is 5.84. The first-order valence-corrected chi connectivity index (χ1v) is 8.56. The number of alkyl halides is 2. The van der Waals surface area contributed by atoms with E-state index < -0.39 is 6.61 Å². The van der Waals surface area contributed by atoms with E-state index in [4.69, 9.17) is 4.84 Å². The maximum Gasteiger partial charge on any atom is 0.387 e. The van der Waals surface area contributed by atoms with Crippen LogP contribution in [0.1, 0.15) is 36.6 Å². The lowest BCUT2D eigenvalue weighted by atomic mass is 10.1. The molecule has 0 saturated carbocycles. The van der Waals surface area contributed by atoms with E-state index in [2.05, 4.69) is 22.1 Å². The summed E-state index contributed by atoms with van der Waals surface area (Å²) < 4.78 is 28.4. The van der Waals surface area contributed by atoms with Gasteiger partial charge in [0.05, 0.1) is 12.3 Å². The fraction of sp³-hybridized carbons (Fsp3) is 0.300. The SMILES string of the molecule is CCc1ccc(C(C)NC(=O)CO/N=C/c2ccc(OC(F)F)cc2)cc1. The van der Waals surface area contributed by atoms with Crippen LogP contribution < -0.4 is 10.1 Å². The number of aryl methyl sites for hydroxylation is 1. The van der Waals surface area contributed by atoms with Crippen LogP contribution in [0, 0.1) is 0 Å². The Hall–Kier alpha value is -2.96. The van der Waals surface area contributed by atoms with Crippen LogP contribution in [0.4, 0.5) is 8.78 Å². The van der Waals surface area contributed by atoms with Crippen molar-refractivity contribution in [3.63, 3.8) is 0 Å². The smallest absolute Gasteiger partial charge is 0.387 e. The molecule has 2 aromatic rings. The quantitative estimate of drug-likeness (QED) is 0.530. The molecule has 1 unspecified atom stereocenters. The zero-order chi connectivity index (χ0) is 19.6. The molecule has 0 heterocycles. The van der Waals surface area contributed by atoms with Crippen molar-refractivity contribution in [3.8, 4) is 5.75 Å². The summed E-state index contributed by atoms with van der Waals surface area (Å²) in [4.78, 5) is 16.9. The molecule has 0 saturated heterocycles. The van der Waals surface area contributed by atoms with Gasteiger partial charge in [-0.1, -0.05) is 36.3 Å². The van der Waals surface area contributed by atoms with E-state index >= 15 is 0 Å². The third kappa shape index (κ3) is 7.05. The molecule has 27 heavy (non-hydrogen) atoms. The van der Waals surface area contributed by atoms with Crippen molar-refractivity contribution < 1.29 is 23.1 Å². The first kappa shape index (κ1) is 20.4. The van der Waals surface area contributed by atoms with Gasteiger partial charge in [-0.05, 0) is 54.3 Å². The predicted molar refractivity (Wildman–Crippen MR) is 99.0 cm³/mol. The summed E-state index contributed by atoms with van der Waals surface area (Å²) in [5, 5.41) is 6.53. The first-order chi connectivity index (χ1) is 13.0. The average Bonchev–Trinajstić information content (AvgIpc) is 2.66. The van der Waals surface area contributed by atoms with Crippen LogP contribution >= 0.6 is 0 Å². The van der Waals surface area contributed by atoms with Gasteiger partial charge in [0.1, 0.15) is 5.75 Å². The van der Waals surface area contributed by atoms with E-state index in [0.717, 1.165) is 12.0 Å². The number of carbonyl (C=O) groups is 1. The number of hydrogen-bond donors (Lipinski definition) is 1. The lowest BCUT2D eigenvalue weighted by Gasteiger charge is -2.14. The molecule has 0 bridgehead atoms. The lowest BCUT2D eigenvalue weighted by Crippen LogP contribution is -2.29. The maximum atomic E-state index is 12.1. The zero-order valence-corrected chi connectivity index (χ0v) is 15.2. The van der Waals surface area contributed by atoms with Crippen molar-refractivity contribution in [2.75, 3.05) is 6.61 Å². The van der Waals surface area contributed by atoms with Gasteiger partial charge in [0.2, 0.25) is 0 Å². The minimum absolute atomic E-state index is 0.0587. The highest BCUT2D eigenvalue weighted by molar-refractivity contribution is 5.80. The number of nitrogens with one attached hydrogen (secondary N) is 1. The molecule has 0 aliphatic carbocycles. The Morgan fingerprint density at radius 3 is 2.41 bits per heavy atom. The number of ether oxygens (including phenoxy) is 1. The van der Waals surface area contributed by atoms with Crippen molar-refractivity contribution in [2.45, 2.75) is 32.9 Å². The average molecular weight is 376 g/mol. The van der Waals surface area contributed by atoms with E-state index in [1.807, 2.05) is 31.2 Å². The van der Waals surface area contributed by atoms with Gasteiger partial charge in [0, 0.05) is 0 Å². The number of hydrogen-bond acceptors (Lipinski definition) is 4. The summed E-state index contributed by atoms with van der Waals surface area (Å²) in [6.07, 6.45) is 2.35. The van der Waals surface area contributed by atoms with Gasteiger partial charge in [-0.3, -0.25) is 4.79 Å². The van der Waals surface area contributed by atoms with Crippen molar-refractivity contribution in [3.05, 3.63) is 65.2 Å². The summed E-state index contributed by atoms with van der Waals surface area (Å²) in [6, 6.07) is 13.8. The largest absolute Gasteiger partial charge is 0.435 e. The van der Waals surface area contributed by atoms with E-state index in [1.165, 1.54) is 23.9 Å². The van der Waals surface area contributed by atoms with E-state index in [0.29, 0.717) is 5.56 Å². The van der Waals surface area contributed by atoms with Gasteiger partial charge in [-0.15, -0.1) is 0 Å². The van der Waals surface area contributed by atoms with Crippen molar-refractivity contribution in [2.24, 2.45) is 5.16 Å². The monoisotopic (exact) mass is 376 g/mol. The van der Waals surface area contributed by atoms with Crippen molar-refractivity contribution in [1.29, 1.82) is 0 Å². The molecule has 1 N–H and O–H groups in total. The summed E-state index contributed by atoms with van der Waals surface area (Å²) in [7, 11) is 0. The molecule has 7 heteroatoms. The molecule has 0 aliphatic rings. The van der Waals surface area contributed by atoms with Crippen LogP contribution in [0.3, 0.4) is 0 Å². The third-order valence-electron chi connectivity index (χ3n) is 3.84. The maximum absolute atomic E-state index is 12.1. The highest BCUT2D eigenvalue weighted by Crippen LogP contribution is 2.14. The second-order valence-corrected chi connectivity index (χ2v) is 5.84. The number of nitrogens with zero attached hydrogens (tertiary/aromatic N) is 1. The molecule has 1 atom stereocenters. The summed E-state index contributed by atoms with van der Waals surface area (Å²) in [5.41, 5.74) is 2.88. The standard InChI is InChI=1S/C20H22F2N2O3/c1-3-15-4-8-17(9-5-15)14(2)24-19(25)13-26-23-12-16-6-10-18(11-7-16)27-20(21)22/h4-12,14,20H,3,13H2,1-2H3,(H,24,25)/b23-12+. The van der Waals surface area contributed by atoms with Crippen molar-refractivity contribution in [1.82, 2.24) is 5.32 Å². The van der Waals surface area contributed by atoms with Gasteiger partial charge < -0.3 is 14.9 Å². The number of benzene rings is 2. The minimum Gasteiger partial charge on any atom is -0.435 e. The van der Waals surface area contributed by atoms with Crippen LogP contribution in [0.25, 0.3) is 0 Å². The third-order valence-corrected chi connectivity index (χ3v) is 3.84. The predicted octanol–water partition coefficient (Wildman–Crippen LogP) is 4.08. The van der Waals surface area contributed by atoms with Gasteiger partial charge in [0.25, 0.3) is 5.91 Å². The number of amides is 1. The summed E-state index contributed by atoms with van der Waals surface area (Å²) in [6.45, 7) is 0.897. The molecule has 0 aliphatic heterocycles. The van der Waals surface area contributed by atoms with Crippen LogP contribution in [-0.2, 0) is 16.1 Å². The fourth-order valence-corrected chi connectivity index (χ4v) is 2.34. The Balaban J connectivity index is 1.75. The van der Waals surface area contributed by atoms with Crippen LogP contribution in [0.2, 0.25) is 0 Å². The molecule has 5 nitrogen and oxygen atoms in total. The topological polar surface area (TPSA) is 59.9 Å². The van der Waals surface area contributed by atoms with E-state index in [9.17, 15) is 13.6 Å². The highest BCUT2D eigenvalue weighted by atomic mass is 19.3. The van der Waals surface area contributed by atoms with Crippen molar-refractivity contribution >= 4 is 12.1 Å². The molecule has 2 aromatic carbocycles. The summed E-state index contributed by atoms with van der Waals surface area (Å²) in [5.74, 6) is -0.233. The normalized spacial score (nSPS) is 12.2. The molecule has 1 amide bonds. The van der Waals surface area contributed by atoms with Gasteiger partial charge in [0.15, 0.2) is 6.61 Å². The highest BCUT2D eigenvalue weighted by Gasteiger charge is 2.09.